The maximum Gasteiger partial charge on any atom is 0.225 e. The Bertz CT molecular complexity index is 803. The van der Waals surface area contributed by atoms with E-state index in [9.17, 15) is 0 Å². The van der Waals surface area contributed by atoms with Gasteiger partial charge in [-0.1, -0.05) is 30.3 Å². The van der Waals surface area contributed by atoms with Gasteiger partial charge in [0.25, 0.3) is 0 Å². The highest BCUT2D eigenvalue weighted by atomic mass is 127. The quantitative estimate of drug-likeness (QED) is 0.333. The first-order chi connectivity index (χ1) is 15.3. The van der Waals surface area contributed by atoms with Gasteiger partial charge in [-0.3, -0.25) is 14.8 Å². The molecule has 2 saturated heterocycles. The number of anilines is 1. The van der Waals surface area contributed by atoms with Crippen molar-refractivity contribution in [2.75, 3.05) is 77.4 Å². The Kier molecular flexibility index (Phi) is 9.94. The molecule has 8 nitrogen and oxygen atoms in total. The molecule has 0 spiro atoms. The van der Waals surface area contributed by atoms with Gasteiger partial charge in [-0.2, -0.15) is 0 Å². The zero-order chi connectivity index (χ0) is 21.3. The lowest BCUT2D eigenvalue weighted by Crippen LogP contribution is -2.53. The van der Waals surface area contributed by atoms with E-state index in [0.29, 0.717) is 0 Å². The van der Waals surface area contributed by atoms with Crippen LogP contribution in [0.4, 0.5) is 5.95 Å². The molecule has 0 radical (unpaired) electrons. The Labute approximate surface area is 208 Å². The molecule has 0 bridgehead atoms. The second-order valence-electron chi connectivity index (χ2n) is 8.10. The number of benzene rings is 1. The summed E-state index contributed by atoms with van der Waals surface area (Å²) in [5.74, 6) is 1.86. The first-order valence-corrected chi connectivity index (χ1v) is 11.3. The molecule has 1 aromatic heterocycles. The predicted molar refractivity (Wildman–Crippen MR) is 141 cm³/mol. The van der Waals surface area contributed by atoms with Gasteiger partial charge in [0.15, 0.2) is 5.96 Å². The summed E-state index contributed by atoms with van der Waals surface area (Å²) in [6, 6.07) is 12.6. The third-order valence-electron chi connectivity index (χ3n) is 6.05. The van der Waals surface area contributed by atoms with Crippen LogP contribution in [0.3, 0.4) is 0 Å². The maximum absolute atomic E-state index is 4.52. The molecule has 9 heteroatoms. The van der Waals surface area contributed by atoms with Gasteiger partial charge in [-0.05, 0) is 11.6 Å². The van der Waals surface area contributed by atoms with Crippen LogP contribution in [-0.4, -0.2) is 103 Å². The number of hydrogen-bond donors (Lipinski definition) is 1. The summed E-state index contributed by atoms with van der Waals surface area (Å²) < 4.78 is 0. The van der Waals surface area contributed by atoms with Crippen molar-refractivity contribution in [3.8, 4) is 0 Å². The van der Waals surface area contributed by atoms with E-state index in [1.54, 1.807) is 0 Å². The molecule has 2 aliphatic rings. The third-order valence-corrected chi connectivity index (χ3v) is 6.05. The molecule has 0 aliphatic carbocycles. The molecule has 32 heavy (non-hydrogen) atoms. The fourth-order valence-electron chi connectivity index (χ4n) is 4.24. The number of aromatic nitrogens is 2. The predicted octanol–water partition coefficient (Wildman–Crippen LogP) is 1.61. The topological polar surface area (TPSA) is 63.1 Å². The highest BCUT2D eigenvalue weighted by molar-refractivity contribution is 14.0. The molecule has 0 unspecified atom stereocenters. The van der Waals surface area contributed by atoms with Crippen molar-refractivity contribution in [3.05, 3.63) is 54.4 Å². The molecule has 1 aromatic carbocycles. The molecule has 0 amide bonds. The number of piperazine rings is 2. The Morgan fingerprint density at radius 2 is 1.53 bits per heavy atom. The Hall–Kier alpha value is -1.98. The maximum atomic E-state index is 4.52. The fraction of sp³-hybridized carbons (Fsp3) is 0.522. The highest BCUT2D eigenvalue weighted by Crippen LogP contribution is 2.10. The van der Waals surface area contributed by atoms with E-state index >= 15 is 0 Å². The van der Waals surface area contributed by atoms with Crippen LogP contribution in [0.25, 0.3) is 0 Å². The van der Waals surface area contributed by atoms with Gasteiger partial charge >= 0.3 is 0 Å². The summed E-state index contributed by atoms with van der Waals surface area (Å²) >= 11 is 0. The summed E-state index contributed by atoms with van der Waals surface area (Å²) in [7, 11) is 1.89. The van der Waals surface area contributed by atoms with Crippen LogP contribution in [0.2, 0.25) is 0 Å². The van der Waals surface area contributed by atoms with Gasteiger partial charge in [0.1, 0.15) is 0 Å². The summed E-state index contributed by atoms with van der Waals surface area (Å²) in [4.78, 5) is 22.9. The van der Waals surface area contributed by atoms with Crippen molar-refractivity contribution in [1.29, 1.82) is 0 Å². The van der Waals surface area contributed by atoms with Gasteiger partial charge in [0, 0.05) is 91.4 Å². The third kappa shape index (κ3) is 7.01. The molecule has 0 saturated carbocycles. The van der Waals surface area contributed by atoms with E-state index in [-0.39, 0.29) is 24.0 Å². The van der Waals surface area contributed by atoms with Crippen LogP contribution in [-0.2, 0) is 6.54 Å². The van der Waals surface area contributed by atoms with E-state index in [1.165, 1.54) is 5.56 Å². The van der Waals surface area contributed by atoms with Crippen LogP contribution in [0, 0.1) is 0 Å². The molecule has 2 aromatic rings. The molecule has 174 valence electrons. The molecule has 2 fully saturated rings. The largest absolute Gasteiger partial charge is 0.355 e. The molecule has 3 heterocycles. The number of nitrogens with zero attached hydrogens (tertiary/aromatic N) is 7. The van der Waals surface area contributed by atoms with E-state index in [4.69, 9.17) is 0 Å². The summed E-state index contributed by atoms with van der Waals surface area (Å²) in [6.07, 6.45) is 3.62. The highest BCUT2D eigenvalue weighted by Gasteiger charge is 2.21. The van der Waals surface area contributed by atoms with E-state index in [2.05, 4.69) is 70.2 Å². The lowest BCUT2D eigenvalue weighted by molar-refractivity contribution is 0.172. The molecule has 1 N–H and O–H groups in total. The van der Waals surface area contributed by atoms with Crippen molar-refractivity contribution in [1.82, 2.24) is 30.0 Å². The van der Waals surface area contributed by atoms with Crippen molar-refractivity contribution in [3.63, 3.8) is 0 Å². The van der Waals surface area contributed by atoms with Gasteiger partial charge < -0.3 is 15.1 Å². The van der Waals surface area contributed by atoms with E-state index in [1.807, 2.05) is 25.5 Å². The van der Waals surface area contributed by atoms with Gasteiger partial charge in [-0.25, -0.2) is 9.97 Å². The average Bonchev–Trinajstić information content (AvgIpc) is 2.84. The van der Waals surface area contributed by atoms with E-state index < -0.39 is 0 Å². The summed E-state index contributed by atoms with van der Waals surface area (Å²) in [5, 5.41) is 3.57. The first kappa shape index (κ1) is 24.7. The lowest BCUT2D eigenvalue weighted by atomic mass is 10.2. The second kappa shape index (κ2) is 12.9. The summed E-state index contributed by atoms with van der Waals surface area (Å²) in [5.41, 5.74) is 1.39. The number of nitrogens with one attached hydrogen (secondary N) is 1. The molecular formula is C23H35IN8. The van der Waals surface area contributed by atoms with E-state index in [0.717, 1.165) is 83.9 Å². The molecular weight excluding hydrogens is 515 g/mol. The minimum atomic E-state index is 0. The molecule has 4 rings (SSSR count). The number of hydrogen-bond acceptors (Lipinski definition) is 6. The minimum absolute atomic E-state index is 0. The van der Waals surface area contributed by atoms with Crippen LogP contribution < -0.4 is 10.2 Å². The van der Waals surface area contributed by atoms with Crippen LogP contribution in [0.1, 0.15) is 5.56 Å². The van der Waals surface area contributed by atoms with Gasteiger partial charge in [-0.15, -0.1) is 24.0 Å². The zero-order valence-electron chi connectivity index (χ0n) is 18.9. The number of aliphatic imine (C=N–C) groups is 1. The summed E-state index contributed by atoms with van der Waals surface area (Å²) in [6.45, 7) is 11.2. The average molecular weight is 550 g/mol. The fourth-order valence-corrected chi connectivity index (χ4v) is 4.24. The van der Waals surface area contributed by atoms with Crippen LogP contribution >= 0.6 is 24.0 Å². The monoisotopic (exact) mass is 550 g/mol. The van der Waals surface area contributed by atoms with Crippen molar-refractivity contribution in [2.45, 2.75) is 6.54 Å². The lowest BCUT2D eigenvalue weighted by Gasteiger charge is -2.37. The smallest absolute Gasteiger partial charge is 0.225 e. The molecule has 0 atom stereocenters. The molecule has 2 aliphatic heterocycles. The Morgan fingerprint density at radius 3 is 2.19 bits per heavy atom. The van der Waals surface area contributed by atoms with Crippen molar-refractivity contribution < 1.29 is 0 Å². The zero-order valence-corrected chi connectivity index (χ0v) is 21.3. The second-order valence-corrected chi connectivity index (χ2v) is 8.10. The van der Waals surface area contributed by atoms with Crippen molar-refractivity contribution >= 4 is 35.9 Å². The van der Waals surface area contributed by atoms with Crippen molar-refractivity contribution in [2.24, 2.45) is 4.99 Å². The number of rotatable bonds is 6. The van der Waals surface area contributed by atoms with Gasteiger partial charge in [0.2, 0.25) is 5.95 Å². The van der Waals surface area contributed by atoms with Crippen LogP contribution in [0.15, 0.2) is 53.8 Å². The SMILES string of the molecule is CN=C(NCCN1CCN(c2ncccn2)CC1)N1CCN(Cc2ccccc2)CC1.I. The Balaban J connectivity index is 0.00000289. The Morgan fingerprint density at radius 1 is 0.875 bits per heavy atom. The number of halogens is 1. The number of guanidine groups is 1. The first-order valence-electron chi connectivity index (χ1n) is 11.3. The van der Waals surface area contributed by atoms with Crippen LogP contribution in [0.5, 0.6) is 0 Å². The standard InChI is InChI=1S/C23H34N8.HI/c1-24-22(30-18-14-29(15-19-30)20-21-6-3-2-4-7-21)27-10-11-28-12-16-31(17-13-28)23-25-8-5-9-26-23;/h2-9H,10-20H2,1H3,(H,24,27);1H. The minimum Gasteiger partial charge on any atom is -0.355 e. The van der Waals surface area contributed by atoms with Gasteiger partial charge in [0.05, 0.1) is 0 Å². The normalized spacial score (nSPS) is 18.3.